The van der Waals surface area contributed by atoms with E-state index >= 15 is 0 Å². The first-order chi connectivity index (χ1) is 16.2. The lowest BCUT2D eigenvalue weighted by atomic mass is 10.1. The van der Waals surface area contributed by atoms with Gasteiger partial charge in [0.2, 0.25) is 0 Å². The highest BCUT2D eigenvalue weighted by molar-refractivity contribution is 5.64. The fourth-order valence-electron chi connectivity index (χ4n) is 3.83. The van der Waals surface area contributed by atoms with E-state index in [1.807, 2.05) is 6.07 Å². The third-order valence-electron chi connectivity index (χ3n) is 5.47. The molecular weight excluding hydrogens is 447 g/mol. The molecule has 0 atom stereocenters. The zero-order valence-corrected chi connectivity index (χ0v) is 18.2. The molecule has 10 heteroatoms. The number of alkyl halides is 3. The first kappa shape index (κ1) is 22.8. The summed E-state index contributed by atoms with van der Waals surface area (Å²) >= 11 is 0. The molecule has 0 radical (unpaired) electrons. The van der Waals surface area contributed by atoms with Gasteiger partial charge in [0, 0.05) is 12.2 Å². The van der Waals surface area contributed by atoms with Crippen LogP contribution in [0, 0.1) is 18.3 Å². The van der Waals surface area contributed by atoms with Crippen LogP contribution in [-0.2, 0) is 12.7 Å². The van der Waals surface area contributed by atoms with Crippen LogP contribution in [0.1, 0.15) is 23.7 Å². The minimum Gasteiger partial charge on any atom is -0.268 e. The van der Waals surface area contributed by atoms with E-state index in [1.54, 1.807) is 37.3 Å². The molecule has 172 valence electrons. The van der Waals surface area contributed by atoms with Crippen LogP contribution in [0.2, 0.25) is 0 Å². The first-order valence-corrected chi connectivity index (χ1v) is 10.3. The Kier molecular flexibility index (Phi) is 5.71. The minimum atomic E-state index is -4.59. The molecule has 4 aromatic rings. The molecule has 0 aliphatic carbocycles. The van der Waals surface area contributed by atoms with Crippen LogP contribution in [-0.4, -0.2) is 18.9 Å². The molecule has 0 amide bonds. The van der Waals surface area contributed by atoms with Gasteiger partial charge in [-0.25, -0.2) is 9.48 Å². The van der Waals surface area contributed by atoms with Gasteiger partial charge in [-0.3, -0.25) is 13.9 Å². The number of aromatic nitrogens is 4. The maximum absolute atomic E-state index is 13.3. The van der Waals surface area contributed by atoms with Crippen molar-refractivity contribution in [2.75, 3.05) is 0 Å². The van der Waals surface area contributed by atoms with E-state index in [1.165, 1.54) is 29.9 Å². The van der Waals surface area contributed by atoms with Crippen LogP contribution in [0.4, 0.5) is 13.2 Å². The van der Waals surface area contributed by atoms with Gasteiger partial charge in [0.05, 0.1) is 46.0 Å². The van der Waals surface area contributed by atoms with Crippen LogP contribution < -0.4 is 11.2 Å². The van der Waals surface area contributed by atoms with Crippen molar-refractivity contribution in [2.45, 2.75) is 26.6 Å². The second-order valence-electron chi connectivity index (χ2n) is 7.46. The molecule has 0 aliphatic heterocycles. The van der Waals surface area contributed by atoms with Crippen molar-refractivity contribution in [1.82, 2.24) is 18.9 Å². The molecule has 34 heavy (non-hydrogen) atoms. The summed E-state index contributed by atoms with van der Waals surface area (Å²) in [6.07, 6.45) is -3.12. The number of hydrogen-bond acceptors (Lipinski definition) is 4. The fourth-order valence-corrected chi connectivity index (χ4v) is 3.83. The highest BCUT2D eigenvalue weighted by Crippen LogP contribution is 2.31. The van der Waals surface area contributed by atoms with Crippen LogP contribution >= 0.6 is 0 Å². The quantitative estimate of drug-likeness (QED) is 0.455. The van der Waals surface area contributed by atoms with Crippen molar-refractivity contribution in [2.24, 2.45) is 0 Å². The van der Waals surface area contributed by atoms with Gasteiger partial charge >= 0.3 is 11.9 Å². The summed E-state index contributed by atoms with van der Waals surface area (Å²) in [6, 6.07) is 14.5. The monoisotopic (exact) mass is 465 g/mol. The van der Waals surface area contributed by atoms with E-state index in [-0.39, 0.29) is 23.5 Å². The highest BCUT2D eigenvalue weighted by atomic mass is 19.4. The smallest absolute Gasteiger partial charge is 0.268 e. The molecule has 0 aliphatic rings. The number of rotatable bonds is 4. The van der Waals surface area contributed by atoms with E-state index in [0.29, 0.717) is 16.9 Å². The molecule has 0 unspecified atom stereocenters. The summed E-state index contributed by atoms with van der Waals surface area (Å²) in [5.74, 6) is 0. The number of nitriles is 1. The molecule has 0 saturated heterocycles. The Morgan fingerprint density at radius 3 is 2.35 bits per heavy atom. The fraction of sp³-hybridized carbons (Fsp3) is 0.167. The van der Waals surface area contributed by atoms with Gasteiger partial charge in [-0.2, -0.15) is 23.5 Å². The largest absolute Gasteiger partial charge is 0.416 e. The first-order valence-electron chi connectivity index (χ1n) is 10.3. The molecule has 7 nitrogen and oxygen atoms in total. The molecule has 4 rings (SSSR count). The van der Waals surface area contributed by atoms with E-state index in [0.717, 1.165) is 21.3 Å². The van der Waals surface area contributed by atoms with Gasteiger partial charge < -0.3 is 0 Å². The van der Waals surface area contributed by atoms with Crippen LogP contribution in [0.15, 0.2) is 70.4 Å². The molecule has 0 fully saturated rings. The summed E-state index contributed by atoms with van der Waals surface area (Å²) in [5, 5.41) is 13.3. The van der Waals surface area contributed by atoms with Gasteiger partial charge in [-0.05, 0) is 62.4 Å². The Hall–Kier alpha value is -4.39. The Morgan fingerprint density at radius 1 is 1.03 bits per heavy atom. The summed E-state index contributed by atoms with van der Waals surface area (Å²) in [5.41, 5.74) is -0.566. The predicted molar refractivity (Wildman–Crippen MR) is 119 cm³/mol. The molecule has 2 heterocycles. The molecule has 2 aromatic carbocycles. The Morgan fingerprint density at radius 2 is 1.74 bits per heavy atom. The lowest BCUT2D eigenvalue weighted by molar-refractivity contribution is -0.137. The van der Waals surface area contributed by atoms with Crippen LogP contribution in [0.5, 0.6) is 0 Å². The van der Waals surface area contributed by atoms with Gasteiger partial charge in [0.15, 0.2) is 0 Å². The van der Waals surface area contributed by atoms with Gasteiger partial charge in [-0.1, -0.05) is 6.07 Å². The van der Waals surface area contributed by atoms with Crippen LogP contribution in [0.25, 0.3) is 22.6 Å². The van der Waals surface area contributed by atoms with E-state index in [2.05, 4.69) is 5.10 Å². The maximum atomic E-state index is 13.3. The number of hydrogen-bond donors (Lipinski definition) is 0. The number of halogens is 3. The Labute approximate surface area is 191 Å². The van der Waals surface area contributed by atoms with Crippen molar-refractivity contribution in [3.63, 3.8) is 0 Å². The maximum Gasteiger partial charge on any atom is 0.416 e. The van der Waals surface area contributed by atoms with Crippen molar-refractivity contribution in [1.29, 1.82) is 5.26 Å². The predicted octanol–water partition coefficient (Wildman–Crippen LogP) is 4.07. The molecule has 2 aromatic heterocycles. The average Bonchev–Trinajstić information content (AvgIpc) is 3.28. The third-order valence-corrected chi connectivity index (χ3v) is 5.47. The highest BCUT2D eigenvalue weighted by Gasteiger charge is 2.31. The second-order valence-corrected chi connectivity index (χ2v) is 7.46. The molecule has 0 N–H and O–H groups in total. The lowest BCUT2D eigenvalue weighted by Crippen LogP contribution is -2.41. The normalized spacial score (nSPS) is 11.4. The zero-order chi connectivity index (χ0) is 24.6. The van der Waals surface area contributed by atoms with Crippen molar-refractivity contribution < 1.29 is 13.2 Å². The zero-order valence-electron chi connectivity index (χ0n) is 18.2. The van der Waals surface area contributed by atoms with Crippen molar-refractivity contribution in [3.8, 4) is 28.7 Å². The van der Waals surface area contributed by atoms with Gasteiger partial charge in [-0.15, -0.1) is 0 Å². The molecule has 0 bridgehead atoms. The minimum absolute atomic E-state index is 0.00906. The van der Waals surface area contributed by atoms with Crippen molar-refractivity contribution >= 4 is 0 Å². The summed E-state index contributed by atoms with van der Waals surface area (Å²) in [7, 11) is 0. The van der Waals surface area contributed by atoms with E-state index < -0.39 is 23.0 Å². The molecule has 0 saturated carbocycles. The molecule has 0 spiro atoms. The summed E-state index contributed by atoms with van der Waals surface area (Å²) < 4.78 is 43.5. The second kappa shape index (κ2) is 8.51. The molecular formula is C24H18F3N5O2. The topological polar surface area (TPSA) is 85.6 Å². The van der Waals surface area contributed by atoms with Gasteiger partial charge in [0.1, 0.15) is 0 Å². The number of nitrogens with zero attached hydrogens (tertiary/aromatic N) is 5. The van der Waals surface area contributed by atoms with Crippen LogP contribution in [0.3, 0.4) is 0 Å². The van der Waals surface area contributed by atoms with E-state index in [4.69, 9.17) is 5.26 Å². The summed E-state index contributed by atoms with van der Waals surface area (Å²) in [6.45, 7) is 3.14. The average molecular weight is 465 g/mol. The Bertz CT molecular complexity index is 1540. The van der Waals surface area contributed by atoms with E-state index in [9.17, 15) is 22.8 Å². The Balaban J connectivity index is 2.01. The SMILES string of the molecule is CCn1c(=O)c(-c2ccnn2-c2ccc(C#N)cc2)c(C)n(-c2cccc(C(F)(F)F)c2)c1=O. The third kappa shape index (κ3) is 3.81. The standard InChI is InChI=1S/C24H18F3N5O2/c1-3-30-22(33)21(20-11-12-29-32(20)18-9-7-16(14-28)8-10-18)15(2)31(23(30)34)19-6-4-5-17(13-19)24(25,26)27/h4-13H,3H2,1-2H3. The number of benzene rings is 2. The van der Waals surface area contributed by atoms with Crippen molar-refractivity contribution in [3.05, 3.63) is 98.5 Å². The summed E-state index contributed by atoms with van der Waals surface area (Å²) in [4.78, 5) is 26.5. The van der Waals surface area contributed by atoms with Gasteiger partial charge in [0.25, 0.3) is 5.56 Å². The lowest BCUT2D eigenvalue weighted by Gasteiger charge is -2.18.